The van der Waals surface area contributed by atoms with Gasteiger partial charge < -0.3 is 15.2 Å². The van der Waals surface area contributed by atoms with Crippen molar-refractivity contribution in [2.75, 3.05) is 6.61 Å². The van der Waals surface area contributed by atoms with Crippen molar-refractivity contribution in [1.82, 2.24) is 5.32 Å². The summed E-state index contributed by atoms with van der Waals surface area (Å²) in [4.78, 5) is 12.3. The molecule has 4 nitrogen and oxygen atoms in total. The average Bonchev–Trinajstić information content (AvgIpc) is 3.40. The maximum atomic E-state index is 14.7. The lowest BCUT2D eigenvalue weighted by molar-refractivity contribution is -0.153. The number of benzene rings is 2. The highest BCUT2D eigenvalue weighted by Crippen LogP contribution is 2.48. The van der Waals surface area contributed by atoms with Crippen molar-refractivity contribution in [1.29, 1.82) is 0 Å². The zero-order chi connectivity index (χ0) is 22.1. The first-order valence-electron chi connectivity index (χ1n) is 8.93. The molecule has 2 N–H and O–H groups in total. The molecule has 0 heterocycles. The predicted molar refractivity (Wildman–Crippen MR) is 92.9 cm³/mol. The zero-order valence-corrected chi connectivity index (χ0v) is 15.4. The van der Waals surface area contributed by atoms with Gasteiger partial charge in [0.2, 0.25) is 5.91 Å². The van der Waals surface area contributed by atoms with E-state index in [4.69, 9.17) is 0 Å². The van der Waals surface area contributed by atoms with Crippen LogP contribution in [-0.4, -0.2) is 23.8 Å². The minimum absolute atomic E-state index is 0.0435. The van der Waals surface area contributed by atoms with E-state index in [0.29, 0.717) is 18.9 Å². The van der Waals surface area contributed by atoms with E-state index < -0.39 is 60.0 Å². The Bertz CT molecular complexity index is 943. The van der Waals surface area contributed by atoms with Crippen LogP contribution in [0.1, 0.15) is 36.5 Å². The van der Waals surface area contributed by atoms with Crippen LogP contribution in [0.4, 0.5) is 26.3 Å². The molecule has 0 spiro atoms. The third-order valence-electron chi connectivity index (χ3n) is 4.70. The van der Waals surface area contributed by atoms with Crippen LogP contribution in [0.2, 0.25) is 0 Å². The lowest BCUT2D eigenvalue weighted by Gasteiger charge is -2.21. The van der Waals surface area contributed by atoms with Gasteiger partial charge in [-0.1, -0.05) is 18.2 Å². The number of carbonyl (C=O) groups is 1. The molecule has 1 atom stereocenters. The third-order valence-corrected chi connectivity index (χ3v) is 4.70. The second-order valence-electron chi connectivity index (χ2n) is 7.04. The van der Waals surface area contributed by atoms with Gasteiger partial charge in [-0.3, -0.25) is 4.79 Å². The Morgan fingerprint density at radius 2 is 1.87 bits per heavy atom. The summed E-state index contributed by atoms with van der Waals surface area (Å²) in [5, 5.41) is 12.6. The van der Waals surface area contributed by atoms with Crippen LogP contribution >= 0.6 is 0 Å². The number of nitrogens with one attached hydrogen (secondary N) is 1. The highest BCUT2D eigenvalue weighted by atomic mass is 19.4. The van der Waals surface area contributed by atoms with Crippen molar-refractivity contribution in [3.8, 4) is 5.75 Å². The van der Waals surface area contributed by atoms with Crippen LogP contribution in [0, 0.1) is 17.5 Å². The van der Waals surface area contributed by atoms with Crippen molar-refractivity contribution in [2.45, 2.75) is 37.1 Å². The molecular weight excluding hydrogens is 416 g/mol. The Morgan fingerprint density at radius 1 is 1.17 bits per heavy atom. The molecule has 10 heteroatoms. The lowest BCUT2D eigenvalue weighted by atomic mass is 10.0. The molecule has 0 saturated heterocycles. The minimum Gasteiger partial charge on any atom is -0.481 e. The van der Waals surface area contributed by atoms with Crippen molar-refractivity contribution in [2.24, 2.45) is 0 Å². The summed E-state index contributed by atoms with van der Waals surface area (Å²) in [6.07, 6.45) is -6.14. The van der Waals surface area contributed by atoms with Gasteiger partial charge in [-0.2, -0.15) is 13.2 Å². The number of aliphatic hydroxyl groups excluding tert-OH is 1. The summed E-state index contributed by atoms with van der Waals surface area (Å²) < 4.78 is 82.9. The number of hydrogen-bond acceptors (Lipinski definition) is 3. The zero-order valence-electron chi connectivity index (χ0n) is 15.4. The fourth-order valence-electron chi connectivity index (χ4n) is 3.11. The topological polar surface area (TPSA) is 58.6 Å². The van der Waals surface area contributed by atoms with E-state index in [1.165, 1.54) is 12.1 Å². The molecule has 0 radical (unpaired) electrons. The van der Waals surface area contributed by atoms with Gasteiger partial charge in [-0.05, 0) is 25.0 Å². The molecule has 0 bridgehead atoms. The van der Waals surface area contributed by atoms with Crippen LogP contribution in [0.3, 0.4) is 0 Å². The van der Waals surface area contributed by atoms with Gasteiger partial charge in [-0.25, -0.2) is 13.2 Å². The van der Waals surface area contributed by atoms with E-state index in [-0.39, 0.29) is 11.1 Å². The molecule has 162 valence electrons. The molecule has 0 aromatic heterocycles. The fraction of sp³-hybridized carbons (Fsp3) is 0.350. The van der Waals surface area contributed by atoms with Gasteiger partial charge in [0.15, 0.2) is 18.2 Å². The van der Waals surface area contributed by atoms with Crippen molar-refractivity contribution in [3.63, 3.8) is 0 Å². The van der Waals surface area contributed by atoms with Gasteiger partial charge >= 0.3 is 6.18 Å². The van der Waals surface area contributed by atoms with Gasteiger partial charge in [0.05, 0.1) is 18.1 Å². The van der Waals surface area contributed by atoms with Gasteiger partial charge in [-0.15, -0.1) is 0 Å². The van der Waals surface area contributed by atoms with E-state index in [9.17, 15) is 36.2 Å². The van der Waals surface area contributed by atoms with Crippen LogP contribution < -0.4 is 10.1 Å². The van der Waals surface area contributed by atoms with Crippen LogP contribution in [0.25, 0.3) is 0 Å². The standard InChI is InChI=1S/C20H17F6NO3/c21-11-4-5-12(14(22)8-11)15(28)9-17(29)27-19(6-7-19)13-2-1-3-16(18(13)23)30-10-20(24,25)26/h1-5,8,15,28H,6-7,9-10H2,(H,27,29). The summed E-state index contributed by atoms with van der Waals surface area (Å²) in [6.45, 7) is -1.66. The lowest BCUT2D eigenvalue weighted by Crippen LogP contribution is -2.36. The van der Waals surface area contributed by atoms with Gasteiger partial charge in [0, 0.05) is 17.2 Å². The monoisotopic (exact) mass is 433 g/mol. The first-order valence-corrected chi connectivity index (χ1v) is 8.93. The third kappa shape index (κ3) is 5.05. The van der Waals surface area contributed by atoms with E-state index in [2.05, 4.69) is 10.1 Å². The highest BCUT2D eigenvalue weighted by Gasteiger charge is 2.48. The Labute approximate surface area is 167 Å². The molecule has 1 fully saturated rings. The first kappa shape index (κ1) is 21.9. The molecule has 30 heavy (non-hydrogen) atoms. The molecule has 1 saturated carbocycles. The highest BCUT2D eigenvalue weighted by molar-refractivity contribution is 5.78. The number of ether oxygens (including phenoxy) is 1. The van der Waals surface area contributed by atoms with Crippen molar-refractivity contribution < 1.29 is 41.0 Å². The molecule has 0 aliphatic heterocycles. The number of halogens is 6. The van der Waals surface area contributed by atoms with Crippen LogP contribution in [0.15, 0.2) is 36.4 Å². The van der Waals surface area contributed by atoms with Crippen LogP contribution in [-0.2, 0) is 10.3 Å². The normalized spacial score (nSPS) is 16.1. The second-order valence-corrected chi connectivity index (χ2v) is 7.04. The summed E-state index contributed by atoms with van der Waals surface area (Å²) in [5.74, 6) is -4.21. The molecule has 3 rings (SSSR count). The fourth-order valence-corrected chi connectivity index (χ4v) is 3.11. The van der Waals surface area contributed by atoms with Crippen molar-refractivity contribution in [3.05, 3.63) is 65.0 Å². The predicted octanol–water partition coefficient (Wildman–Crippen LogP) is 4.27. The molecule has 1 aliphatic carbocycles. The van der Waals surface area contributed by atoms with E-state index in [0.717, 1.165) is 18.2 Å². The van der Waals surface area contributed by atoms with Crippen molar-refractivity contribution >= 4 is 5.91 Å². The number of hydrogen-bond donors (Lipinski definition) is 2. The number of rotatable bonds is 7. The average molecular weight is 433 g/mol. The van der Waals surface area contributed by atoms with Crippen LogP contribution in [0.5, 0.6) is 5.75 Å². The Kier molecular flexibility index (Phi) is 5.98. The number of aliphatic hydroxyl groups is 1. The number of alkyl halides is 3. The maximum absolute atomic E-state index is 14.7. The van der Waals surface area contributed by atoms with E-state index >= 15 is 0 Å². The first-order chi connectivity index (χ1) is 14.0. The second kappa shape index (κ2) is 8.17. The molecular formula is C20H17F6NO3. The summed E-state index contributed by atoms with van der Waals surface area (Å²) in [6, 6.07) is 6.18. The molecule has 2 aromatic carbocycles. The Balaban J connectivity index is 1.70. The van der Waals surface area contributed by atoms with Gasteiger partial charge in [0.25, 0.3) is 0 Å². The molecule has 1 amide bonds. The summed E-state index contributed by atoms with van der Waals surface area (Å²) in [7, 11) is 0. The Hall–Kier alpha value is -2.75. The largest absolute Gasteiger partial charge is 0.481 e. The quantitative estimate of drug-likeness (QED) is 0.642. The van der Waals surface area contributed by atoms with E-state index in [1.807, 2.05) is 0 Å². The number of carbonyl (C=O) groups excluding carboxylic acids is 1. The van der Waals surface area contributed by atoms with E-state index in [1.54, 1.807) is 0 Å². The van der Waals surface area contributed by atoms with Gasteiger partial charge in [0.1, 0.15) is 11.6 Å². The SMILES string of the molecule is O=C(CC(O)c1ccc(F)cc1F)NC1(c2cccc(OCC(F)(F)F)c2F)CC1. The molecule has 1 unspecified atom stereocenters. The molecule has 1 aliphatic rings. The maximum Gasteiger partial charge on any atom is 0.422 e. The minimum atomic E-state index is -4.64. The smallest absolute Gasteiger partial charge is 0.422 e. The molecule has 2 aromatic rings. The summed E-state index contributed by atoms with van der Waals surface area (Å²) in [5.41, 5.74) is -1.47. The Morgan fingerprint density at radius 3 is 2.47 bits per heavy atom. The summed E-state index contributed by atoms with van der Waals surface area (Å²) >= 11 is 0. The number of amides is 1.